The number of nitrogens with zero attached hydrogens (tertiary/aromatic N) is 1. The van der Waals surface area contributed by atoms with Crippen molar-refractivity contribution in [3.05, 3.63) is 53.6 Å². The van der Waals surface area contributed by atoms with Gasteiger partial charge in [0.25, 0.3) is 0 Å². The van der Waals surface area contributed by atoms with Crippen molar-refractivity contribution >= 4 is 15.9 Å². The maximum absolute atomic E-state index is 12.9. The van der Waals surface area contributed by atoms with E-state index < -0.39 is 10.0 Å². The molecule has 33 heavy (non-hydrogen) atoms. The number of ether oxygens (including phenoxy) is 2. The van der Waals surface area contributed by atoms with Gasteiger partial charge in [0.15, 0.2) is 0 Å². The van der Waals surface area contributed by atoms with Crippen molar-refractivity contribution in [2.75, 3.05) is 27.3 Å². The van der Waals surface area contributed by atoms with Crippen molar-refractivity contribution in [2.24, 2.45) is 0 Å². The van der Waals surface area contributed by atoms with E-state index in [4.69, 9.17) is 9.47 Å². The molecule has 0 unspecified atom stereocenters. The van der Waals surface area contributed by atoms with Crippen LogP contribution in [0.1, 0.15) is 56.2 Å². The summed E-state index contributed by atoms with van der Waals surface area (Å²) in [5.41, 5.74) is 1.76. The van der Waals surface area contributed by atoms with Crippen LogP contribution in [0.4, 0.5) is 0 Å². The largest absolute Gasteiger partial charge is 0.497 e. The number of carbonyl (C=O) groups is 1. The molecule has 7 nitrogen and oxygen atoms in total. The Morgan fingerprint density at radius 3 is 2.27 bits per heavy atom. The van der Waals surface area contributed by atoms with Gasteiger partial charge in [-0.2, -0.15) is 4.31 Å². The van der Waals surface area contributed by atoms with E-state index in [-0.39, 0.29) is 11.9 Å². The van der Waals surface area contributed by atoms with Gasteiger partial charge in [-0.3, -0.25) is 4.79 Å². The molecule has 1 amide bonds. The second-order valence-electron chi connectivity index (χ2n) is 8.36. The topological polar surface area (TPSA) is 84.9 Å². The van der Waals surface area contributed by atoms with E-state index in [9.17, 15) is 13.2 Å². The van der Waals surface area contributed by atoms with Gasteiger partial charge in [0.2, 0.25) is 15.9 Å². The van der Waals surface area contributed by atoms with Crippen LogP contribution in [-0.4, -0.2) is 45.9 Å². The summed E-state index contributed by atoms with van der Waals surface area (Å²) in [5, 5.41) is 3.00. The summed E-state index contributed by atoms with van der Waals surface area (Å²) in [4.78, 5) is 12.8. The zero-order chi connectivity index (χ0) is 23.8. The van der Waals surface area contributed by atoms with Gasteiger partial charge in [-0.25, -0.2) is 8.42 Å². The highest BCUT2D eigenvalue weighted by Crippen LogP contribution is 2.29. The molecular formula is C25H34N2O5S. The maximum Gasteiger partial charge on any atom is 0.243 e. The van der Waals surface area contributed by atoms with Gasteiger partial charge in [-0.05, 0) is 62.1 Å². The number of nitrogens with one attached hydrogen (secondary N) is 1. The molecule has 0 spiro atoms. The van der Waals surface area contributed by atoms with Crippen molar-refractivity contribution in [3.8, 4) is 11.5 Å². The lowest BCUT2D eigenvalue weighted by molar-refractivity contribution is -0.121. The third-order valence-corrected chi connectivity index (χ3v) is 7.96. The Balaban J connectivity index is 1.57. The minimum atomic E-state index is -3.46. The van der Waals surface area contributed by atoms with Crippen LogP contribution in [0.3, 0.4) is 0 Å². The van der Waals surface area contributed by atoms with E-state index in [0.717, 1.165) is 36.8 Å². The van der Waals surface area contributed by atoms with Crippen molar-refractivity contribution in [1.82, 2.24) is 9.62 Å². The Labute approximate surface area is 197 Å². The van der Waals surface area contributed by atoms with E-state index in [1.165, 1.54) is 0 Å². The van der Waals surface area contributed by atoms with Gasteiger partial charge >= 0.3 is 0 Å². The maximum atomic E-state index is 12.9. The molecule has 3 rings (SSSR count). The van der Waals surface area contributed by atoms with Crippen LogP contribution in [0.2, 0.25) is 0 Å². The molecule has 1 saturated heterocycles. The zero-order valence-electron chi connectivity index (χ0n) is 19.7. The van der Waals surface area contributed by atoms with Crippen LogP contribution >= 0.6 is 0 Å². The van der Waals surface area contributed by atoms with Gasteiger partial charge in [0.05, 0.1) is 25.2 Å². The van der Waals surface area contributed by atoms with Crippen LogP contribution in [-0.2, 0) is 21.2 Å². The highest BCUT2D eigenvalue weighted by atomic mass is 32.2. The standard InChI is InChI=1S/C25H34N2O5S/c1-19(23-18-21(31-2)11-14-24(23)32-3)26-25(28)15-10-20-8-12-22(13-9-20)33(29,30)27-16-6-4-5-7-17-27/h8-9,11-14,18-19H,4-7,10,15-17H2,1-3H3,(H,26,28)/t19-/m1/s1. The highest BCUT2D eigenvalue weighted by molar-refractivity contribution is 7.89. The normalized spacial score (nSPS) is 16.0. The van der Waals surface area contributed by atoms with Crippen molar-refractivity contribution in [3.63, 3.8) is 0 Å². The smallest absolute Gasteiger partial charge is 0.243 e. The van der Waals surface area contributed by atoms with E-state index >= 15 is 0 Å². The molecule has 2 aromatic carbocycles. The quantitative estimate of drug-likeness (QED) is 0.592. The molecule has 0 aromatic heterocycles. The third kappa shape index (κ3) is 6.48. The van der Waals surface area contributed by atoms with E-state index in [2.05, 4.69) is 5.32 Å². The average Bonchev–Trinajstić information content (AvgIpc) is 3.13. The van der Waals surface area contributed by atoms with Crippen LogP contribution < -0.4 is 14.8 Å². The summed E-state index contributed by atoms with van der Waals surface area (Å²) in [6.07, 6.45) is 4.80. The molecule has 1 aliphatic rings. The number of hydrogen-bond acceptors (Lipinski definition) is 5. The minimum Gasteiger partial charge on any atom is -0.497 e. The fourth-order valence-corrected chi connectivity index (χ4v) is 5.60. The summed E-state index contributed by atoms with van der Waals surface area (Å²) in [6, 6.07) is 12.1. The summed E-state index contributed by atoms with van der Waals surface area (Å²) in [7, 11) is -0.270. The van der Waals surface area contributed by atoms with Crippen molar-refractivity contribution in [1.29, 1.82) is 0 Å². The molecule has 1 heterocycles. The van der Waals surface area contributed by atoms with Crippen molar-refractivity contribution in [2.45, 2.75) is 56.4 Å². The third-order valence-electron chi connectivity index (χ3n) is 6.05. The second-order valence-corrected chi connectivity index (χ2v) is 10.3. The van der Waals surface area contributed by atoms with Gasteiger partial charge in [-0.15, -0.1) is 0 Å². The number of benzene rings is 2. The first-order valence-electron chi connectivity index (χ1n) is 11.5. The Morgan fingerprint density at radius 1 is 1.00 bits per heavy atom. The lowest BCUT2D eigenvalue weighted by Gasteiger charge is -2.20. The van der Waals surface area contributed by atoms with Gasteiger partial charge in [0, 0.05) is 25.1 Å². The Kier molecular flexibility index (Phi) is 8.74. The summed E-state index contributed by atoms with van der Waals surface area (Å²) < 4.78 is 38.1. The molecule has 2 aromatic rings. The lowest BCUT2D eigenvalue weighted by Crippen LogP contribution is -2.31. The molecule has 1 atom stereocenters. The molecule has 0 aliphatic carbocycles. The molecule has 180 valence electrons. The number of rotatable bonds is 9. The molecule has 8 heteroatoms. The Hall–Kier alpha value is -2.58. The lowest BCUT2D eigenvalue weighted by atomic mass is 10.1. The monoisotopic (exact) mass is 474 g/mol. The number of methoxy groups -OCH3 is 2. The summed E-state index contributed by atoms with van der Waals surface area (Å²) in [5.74, 6) is 1.29. The predicted molar refractivity (Wildman–Crippen MR) is 128 cm³/mol. The number of aryl methyl sites for hydroxylation is 1. The van der Waals surface area contributed by atoms with Crippen LogP contribution in [0.15, 0.2) is 47.4 Å². The van der Waals surface area contributed by atoms with Crippen molar-refractivity contribution < 1.29 is 22.7 Å². The number of sulfonamides is 1. The molecule has 1 fully saturated rings. The summed E-state index contributed by atoms with van der Waals surface area (Å²) >= 11 is 0. The van der Waals surface area contributed by atoms with Gasteiger partial charge < -0.3 is 14.8 Å². The molecule has 1 N–H and O–H groups in total. The van der Waals surface area contributed by atoms with Crippen LogP contribution in [0, 0.1) is 0 Å². The molecule has 0 radical (unpaired) electrons. The molecule has 0 saturated carbocycles. The molecular weight excluding hydrogens is 440 g/mol. The van der Waals surface area contributed by atoms with E-state index in [1.54, 1.807) is 42.8 Å². The summed E-state index contributed by atoms with van der Waals surface area (Å²) in [6.45, 7) is 3.07. The second kappa shape index (κ2) is 11.5. The minimum absolute atomic E-state index is 0.0892. The number of hydrogen-bond donors (Lipinski definition) is 1. The zero-order valence-corrected chi connectivity index (χ0v) is 20.5. The SMILES string of the molecule is COc1ccc(OC)c([C@@H](C)NC(=O)CCc2ccc(S(=O)(=O)N3CCCCCC3)cc2)c1. The number of amides is 1. The van der Waals surface area contributed by atoms with Gasteiger partial charge in [-0.1, -0.05) is 25.0 Å². The van der Waals surface area contributed by atoms with Crippen LogP contribution in [0.5, 0.6) is 11.5 Å². The fraction of sp³-hybridized carbons (Fsp3) is 0.480. The molecule has 1 aliphatic heterocycles. The predicted octanol–water partition coefficient (Wildman–Crippen LogP) is 4.08. The first kappa shape index (κ1) is 25.1. The van der Waals surface area contributed by atoms with E-state index in [0.29, 0.717) is 42.3 Å². The molecule has 0 bridgehead atoms. The number of carbonyl (C=O) groups excluding carboxylic acids is 1. The first-order valence-corrected chi connectivity index (χ1v) is 12.9. The fourth-order valence-electron chi connectivity index (χ4n) is 4.09. The first-order chi connectivity index (χ1) is 15.8. The van der Waals surface area contributed by atoms with Crippen LogP contribution in [0.25, 0.3) is 0 Å². The van der Waals surface area contributed by atoms with E-state index in [1.807, 2.05) is 25.1 Å². The Morgan fingerprint density at radius 2 is 1.67 bits per heavy atom. The average molecular weight is 475 g/mol. The highest BCUT2D eigenvalue weighted by Gasteiger charge is 2.25. The van der Waals surface area contributed by atoms with Gasteiger partial charge in [0.1, 0.15) is 11.5 Å². The Bertz CT molecular complexity index is 1030.